The summed E-state index contributed by atoms with van der Waals surface area (Å²) < 4.78 is 5.31. The van der Waals surface area contributed by atoms with Gasteiger partial charge in [0.15, 0.2) is 0 Å². The summed E-state index contributed by atoms with van der Waals surface area (Å²) in [7, 11) is 1.65. The molecule has 27 heavy (non-hydrogen) atoms. The van der Waals surface area contributed by atoms with E-state index in [4.69, 9.17) is 4.42 Å². The highest BCUT2D eigenvalue weighted by Gasteiger charge is 2.12. The maximum Gasteiger partial charge on any atom is 0.255 e. The fourth-order valence-electron chi connectivity index (χ4n) is 2.55. The van der Waals surface area contributed by atoms with Crippen LogP contribution in [-0.4, -0.2) is 23.8 Å². The predicted molar refractivity (Wildman–Crippen MR) is 105 cm³/mol. The number of rotatable bonds is 5. The Balaban J connectivity index is 1.78. The van der Waals surface area contributed by atoms with E-state index in [-0.39, 0.29) is 11.8 Å². The third-order valence-electron chi connectivity index (χ3n) is 4.19. The molecule has 136 valence electrons. The molecular formula is C21H19N3O3. The lowest BCUT2D eigenvalue weighted by Gasteiger charge is -2.15. The minimum atomic E-state index is -0.244. The van der Waals surface area contributed by atoms with Crippen LogP contribution < -0.4 is 10.2 Å². The molecule has 1 heterocycles. The van der Waals surface area contributed by atoms with Crippen LogP contribution in [0.5, 0.6) is 0 Å². The molecule has 1 N–H and O–H groups in total. The molecule has 0 unspecified atom stereocenters. The topological polar surface area (TPSA) is 75.4 Å². The molecule has 0 aliphatic carbocycles. The second-order valence-corrected chi connectivity index (χ2v) is 5.97. The van der Waals surface area contributed by atoms with E-state index < -0.39 is 0 Å². The van der Waals surface area contributed by atoms with Crippen LogP contribution in [0.25, 0.3) is 11.5 Å². The smallest absolute Gasteiger partial charge is 0.255 e. The molecule has 6 heteroatoms. The monoisotopic (exact) mass is 361 g/mol. The average molecular weight is 361 g/mol. The van der Waals surface area contributed by atoms with Crippen LogP contribution in [-0.2, 0) is 4.79 Å². The largest absolute Gasteiger partial charge is 0.445 e. The van der Waals surface area contributed by atoms with Gasteiger partial charge in [0.25, 0.3) is 5.91 Å². The molecule has 0 atom stereocenters. The summed E-state index contributed by atoms with van der Waals surface area (Å²) in [6.45, 7) is 5.38. The first-order valence-corrected chi connectivity index (χ1v) is 8.31. The first kappa shape index (κ1) is 18.1. The summed E-state index contributed by atoms with van der Waals surface area (Å²) in [5.74, 6) is 0.0304. The highest BCUT2D eigenvalue weighted by atomic mass is 16.3. The van der Waals surface area contributed by atoms with E-state index in [1.165, 1.54) is 17.2 Å². The molecule has 6 nitrogen and oxygen atoms in total. The van der Waals surface area contributed by atoms with E-state index in [9.17, 15) is 9.59 Å². The van der Waals surface area contributed by atoms with Crippen LogP contribution in [0, 0.1) is 6.92 Å². The van der Waals surface area contributed by atoms with Crippen molar-refractivity contribution in [2.75, 3.05) is 17.3 Å². The standard InChI is InChI=1S/C21H19N3O3/c1-4-19(25)24(3)17-9-7-15(8-10-17)20(26)23-18-13-16(6-5-14(18)2)21-22-11-12-27-21/h4-13H,1H2,2-3H3,(H,23,26). The maximum absolute atomic E-state index is 12.6. The molecule has 0 spiro atoms. The minimum Gasteiger partial charge on any atom is -0.445 e. The fourth-order valence-corrected chi connectivity index (χ4v) is 2.55. The van der Waals surface area contributed by atoms with Gasteiger partial charge in [0.2, 0.25) is 11.8 Å². The molecule has 0 aliphatic heterocycles. The van der Waals surface area contributed by atoms with Crippen LogP contribution in [0.15, 0.2) is 72.0 Å². The maximum atomic E-state index is 12.6. The number of anilines is 2. The Morgan fingerprint density at radius 3 is 2.56 bits per heavy atom. The number of oxazole rings is 1. The molecule has 3 aromatic rings. The molecular weight excluding hydrogens is 342 g/mol. The van der Waals surface area contributed by atoms with Crippen molar-refractivity contribution in [3.63, 3.8) is 0 Å². The lowest BCUT2D eigenvalue weighted by Crippen LogP contribution is -2.23. The number of aryl methyl sites for hydroxylation is 1. The Labute approximate surface area is 157 Å². The van der Waals surface area contributed by atoms with Crippen molar-refractivity contribution in [1.82, 2.24) is 4.98 Å². The van der Waals surface area contributed by atoms with E-state index in [1.807, 2.05) is 25.1 Å². The number of aromatic nitrogens is 1. The van der Waals surface area contributed by atoms with Gasteiger partial charge in [0.05, 0.1) is 6.20 Å². The van der Waals surface area contributed by atoms with Gasteiger partial charge in [0.1, 0.15) is 6.26 Å². The average Bonchev–Trinajstić information content (AvgIpc) is 3.23. The van der Waals surface area contributed by atoms with Crippen molar-refractivity contribution < 1.29 is 14.0 Å². The van der Waals surface area contributed by atoms with E-state index >= 15 is 0 Å². The number of carbonyl (C=O) groups is 2. The first-order valence-electron chi connectivity index (χ1n) is 8.31. The quantitative estimate of drug-likeness (QED) is 0.696. The van der Waals surface area contributed by atoms with Gasteiger partial charge in [-0.3, -0.25) is 9.59 Å². The number of amides is 2. The summed E-state index contributed by atoms with van der Waals surface area (Å²) in [4.78, 5) is 29.8. The van der Waals surface area contributed by atoms with Crippen LogP contribution in [0.2, 0.25) is 0 Å². The molecule has 0 aliphatic rings. The van der Waals surface area contributed by atoms with Crippen molar-refractivity contribution in [2.24, 2.45) is 0 Å². The zero-order valence-corrected chi connectivity index (χ0v) is 15.1. The molecule has 3 rings (SSSR count). The Morgan fingerprint density at radius 2 is 1.93 bits per heavy atom. The molecule has 2 aromatic carbocycles. The third-order valence-corrected chi connectivity index (χ3v) is 4.19. The zero-order chi connectivity index (χ0) is 19.4. The van der Waals surface area contributed by atoms with Gasteiger partial charge < -0.3 is 14.6 Å². The van der Waals surface area contributed by atoms with E-state index in [0.29, 0.717) is 22.8 Å². The van der Waals surface area contributed by atoms with Crippen molar-refractivity contribution in [2.45, 2.75) is 6.92 Å². The number of nitrogens with one attached hydrogen (secondary N) is 1. The number of hydrogen-bond donors (Lipinski definition) is 1. The number of carbonyl (C=O) groups excluding carboxylic acids is 2. The lowest BCUT2D eigenvalue weighted by atomic mass is 10.1. The third kappa shape index (κ3) is 3.95. The normalized spacial score (nSPS) is 10.3. The Hall–Kier alpha value is -3.67. The van der Waals surface area contributed by atoms with Gasteiger partial charge >= 0.3 is 0 Å². The van der Waals surface area contributed by atoms with Crippen molar-refractivity contribution in [3.05, 3.63) is 78.7 Å². The van der Waals surface area contributed by atoms with Gasteiger partial charge in [-0.05, 0) is 55.0 Å². The summed E-state index contributed by atoms with van der Waals surface area (Å²) in [5.41, 5.74) is 3.55. The SMILES string of the molecule is C=CC(=O)N(C)c1ccc(C(=O)Nc2cc(-c3ncco3)ccc2C)cc1. The van der Waals surface area contributed by atoms with Gasteiger partial charge in [0, 0.05) is 29.5 Å². The summed E-state index contributed by atoms with van der Waals surface area (Å²) in [6, 6.07) is 12.4. The molecule has 0 saturated carbocycles. The molecule has 1 aromatic heterocycles. The fraction of sp³-hybridized carbons (Fsp3) is 0.0952. The Bertz CT molecular complexity index is 976. The van der Waals surface area contributed by atoms with Gasteiger partial charge in [-0.2, -0.15) is 0 Å². The number of nitrogens with zero attached hydrogens (tertiary/aromatic N) is 2. The summed E-state index contributed by atoms with van der Waals surface area (Å²) >= 11 is 0. The van der Waals surface area contributed by atoms with Crippen LogP contribution in [0.4, 0.5) is 11.4 Å². The van der Waals surface area contributed by atoms with Crippen LogP contribution in [0.3, 0.4) is 0 Å². The van der Waals surface area contributed by atoms with Gasteiger partial charge in [-0.15, -0.1) is 0 Å². The second kappa shape index (κ2) is 7.70. The van der Waals surface area contributed by atoms with Crippen LogP contribution >= 0.6 is 0 Å². The van der Waals surface area contributed by atoms with E-state index in [1.54, 1.807) is 37.5 Å². The highest BCUT2D eigenvalue weighted by molar-refractivity contribution is 6.05. The van der Waals surface area contributed by atoms with Gasteiger partial charge in [-0.1, -0.05) is 12.6 Å². The summed E-state index contributed by atoms with van der Waals surface area (Å²) in [6.07, 6.45) is 4.32. The zero-order valence-electron chi connectivity index (χ0n) is 15.1. The van der Waals surface area contributed by atoms with Crippen molar-refractivity contribution >= 4 is 23.2 Å². The Kier molecular flexibility index (Phi) is 5.17. The minimum absolute atomic E-state index is 0.217. The highest BCUT2D eigenvalue weighted by Crippen LogP contribution is 2.25. The predicted octanol–water partition coefficient (Wildman–Crippen LogP) is 4.05. The molecule has 0 saturated heterocycles. The first-order chi connectivity index (χ1) is 13.0. The van der Waals surface area contributed by atoms with Crippen LogP contribution in [0.1, 0.15) is 15.9 Å². The number of benzene rings is 2. The van der Waals surface area contributed by atoms with Crippen molar-refractivity contribution in [1.29, 1.82) is 0 Å². The molecule has 0 fully saturated rings. The van der Waals surface area contributed by atoms with Crippen molar-refractivity contribution in [3.8, 4) is 11.5 Å². The number of hydrogen-bond acceptors (Lipinski definition) is 4. The van der Waals surface area contributed by atoms with E-state index in [0.717, 1.165) is 11.1 Å². The van der Waals surface area contributed by atoms with Gasteiger partial charge in [-0.25, -0.2) is 4.98 Å². The van der Waals surface area contributed by atoms with E-state index in [2.05, 4.69) is 16.9 Å². The molecule has 2 amide bonds. The lowest BCUT2D eigenvalue weighted by molar-refractivity contribution is -0.113. The number of likely N-dealkylation sites (N-methyl/N-ethyl adjacent to an activating group) is 1. The molecule has 0 bridgehead atoms. The summed E-state index contributed by atoms with van der Waals surface area (Å²) in [5, 5.41) is 2.91. The Morgan fingerprint density at radius 1 is 1.19 bits per heavy atom. The second-order valence-electron chi connectivity index (χ2n) is 5.97. The molecule has 0 radical (unpaired) electrons.